The summed E-state index contributed by atoms with van der Waals surface area (Å²) in [6.45, 7) is 0.421. The van der Waals surface area contributed by atoms with E-state index in [-0.39, 0.29) is 11.7 Å². The minimum atomic E-state index is -0.466. The smallest absolute Gasteiger partial charge is 0.220 e. The first-order chi connectivity index (χ1) is 15.6. The van der Waals surface area contributed by atoms with Gasteiger partial charge in [-0.1, -0.05) is 72.3 Å². The molecule has 0 spiro atoms. The van der Waals surface area contributed by atoms with Gasteiger partial charge in [0.15, 0.2) is 0 Å². The fourth-order valence-electron chi connectivity index (χ4n) is 3.74. The number of benzene rings is 4. The van der Waals surface area contributed by atoms with Crippen molar-refractivity contribution < 1.29 is 14.6 Å². The Labute approximate surface area is 192 Å². The fourth-order valence-corrected chi connectivity index (χ4v) is 3.87. The van der Waals surface area contributed by atoms with Gasteiger partial charge in [-0.05, 0) is 53.1 Å². The fraction of sp³-hybridized carbons (Fsp3) is 0.148. The van der Waals surface area contributed by atoms with E-state index < -0.39 is 6.04 Å². The van der Waals surface area contributed by atoms with Gasteiger partial charge in [0.05, 0.1) is 12.6 Å². The van der Waals surface area contributed by atoms with Crippen molar-refractivity contribution >= 4 is 28.3 Å². The lowest BCUT2D eigenvalue weighted by Crippen LogP contribution is -2.29. The molecule has 4 aromatic rings. The molecule has 4 rings (SSSR count). The number of carbonyl (C=O) groups excluding carboxylic acids is 1. The number of ether oxygens (including phenoxy) is 1. The summed E-state index contributed by atoms with van der Waals surface area (Å²) in [5.74, 6) is 0.771. The molecular weight excluding hydrogens is 422 g/mol. The number of phenolic OH excluding ortho intramolecular Hbond substituents is 1. The zero-order chi connectivity index (χ0) is 22.3. The average molecular weight is 446 g/mol. The van der Waals surface area contributed by atoms with Crippen LogP contribution in [0.15, 0.2) is 91.0 Å². The molecule has 1 amide bonds. The van der Waals surface area contributed by atoms with Crippen LogP contribution in [0.25, 0.3) is 10.8 Å². The van der Waals surface area contributed by atoms with Crippen LogP contribution >= 0.6 is 11.6 Å². The normalized spacial score (nSPS) is 11.8. The van der Waals surface area contributed by atoms with Crippen LogP contribution in [0.4, 0.5) is 0 Å². The van der Waals surface area contributed by atoms with E-state index in [9.17, 15) is 9.90 Å². The van der Waals surface area contributed by atoms with Crippen LogP contribution in [0.2, 0.25) is 5.02 Å². The summed E-state index contributed by atoms with van der Waals surface area (Å²) < 4.78 is 5.68. The molecule has 4 aromatic carbocycles. The third-order valence-electron chi connectivity index (χ3n) is 5.31. The number of phenols is 1. The third-order valence-corrected chi connectivity index (χ3v) is 5.56. The molecule has 1 atom stereocenters. The number of carbonyl (C=O) groups is 1. The van der Waals surface area contributed by atoms with Crippen molar-refractivity contribution in [3.8, 4) is 11.5 Å². The van der Waals surface area contributed by atoms with Gasteiger partial charge in [0, 0.05) is 17.0 Å². The molecule has 0 aliphatic heterocycles. The van der Waals surface area contributed by atoms with Crippen LogP contribution in [-0.2, 0) is 4.79 Å². The van der Waals surface area contributed by atoms with E-state index in [2.05, 4.69) is 5.32 Å². The number of nitrogens with one attached hydrogen (secondary N) is 1. The predicted molar refractivity (Wildman–Crippen MR) is 128 cm³/mol. The van der Waals surface area contributed by atoms with Crippen LogP contribution < -0.4 is 10.1 Å². The van der Waals surface area contributed by atoms with E-state index >= 15 is 0 Å². The Hall–Kier alpha value is -3.50. The number of amides is 1. The Balaban J connectivity index is 1.49. The lowest BCUT2D eigenvalue weighted by atomic mass is 9.92. The van der Waals surface area contributed by atoms with Crippen LogP contribution in [0.5, 0.6) is 11.5 Å². The molecule has 0 radical (unpaired) electrons. The van der Waals surface area contributed by atoms with Gasteiger partial charge in [0.25, 0.3) is 0 Å². The van der Waals surface area contributed by atoms with Gasteiger partial charge in [-0.25, -0.2) is 0 Å². The monoisotopic (exact) mass is 445 g/mol. The van der Waals surface area contributed by atoms with Crippen molar-refractivity contribution in [1.82, 2.24) is 5.32 Å². The quantitative estimate of drug-likeness (QED) is 0.314. The number of halogens is 1. The highest BCUT2D eigenvalue weighted by Gasteiger charge is 2.22. The molecule has 0 bridgehead atoms. The summed E-state index contributed by atoms with van der Waals surface area (Å²) in [5.41, 5.74) is 1.60. The van der Waals surface area contributed by atoms with Gasteiger partial charge in [0.1, 0.15) is 11.5 Å². The first-order valence-corrected chi connectivity index (χ1v) is 10.9. The number of hydrogen-bond acceptors (Lipinski definition) is 3. The molecule has 0 aliphatic rings. The Morgan fingerprint density at radius 1 is 0.906 bits per heavy atom. The molecule has 5 heteroatoms. The topological polar surface area (TPSA) is 58.6 Å². The highest BCUT2D eigenvalue weighted by molar-refractivity contribution is 6.30. The number of fused-ring (bicyclic) bond motifs is 1. The summed E-state index contributed by atoms with van der Waals surface area (Å²) in [7, 11) is 0. The van der Waals surface area contributed by atoms with Crippen molar-refractivity contribution in [2.45, 2.75) is 18.9 Å². The first-order valence-electron chi connectivity index (χ1n) is 10.5. The maximum Gasteiger partial charge on any atom is 0.220 e. The first kappa shape index (κ1) is 21.7. The summed E-state index contributed by atoms with van der Waals surface area (Å²) in [5, 5.41) is 16.4. The van der Waals surface area contributed by atoms with Crippen LogP contribution in [0.1, 0.15) is 30.0 Å². The molecule has 0 heterocycles. The second-order valence-electron chi connectivity index (χ2n) is 7.54. The Morgan fingerprint density at radius 3 is 2.41 bits per heavy atom. The highest BCUT2D eigenvalue weighted by Crippen LogP contribution is 2.35. The van der Waals surface area contributed by atoms with Crippen LogP contribution in [0.3, 0.4) is 0 Å². The molecule has 2 N–H and O–H groups in total. The van der Waals surface area contributed by atoms with Gasteiger partial charge in [-0.3, -0.25) is 4.79 Å². The molecule has 0 fully saturated rings. The lowest BCUT2D eigenvalue weighted by Gasteiger charge is -2.22. The molecule has 0 saturated carbocycles. The highest BCUT2D eigenvalue weighted by atomic mass is 35.5. The summed E-state index contributed by atoms with van der Waals surface area (Å²) in [6.07, 6.45) is 0.875. The maximum absolute atomic E-state index is 12.8. The van der Waals surface area contributed by atoms with Crippen molar-refractivity contribution in [3.05, 3.63) is 107 Å². The van der Waals surface area contributed by atoms with E-state index in [1.165, 1.54) is 0 Å². The van der Waals surface area contributed by atoms with E-state index in [0.29, 0.717) is 30.0 Å². The second kappa shape index (κ2) is 10.2. The summed E-state index contributed by atoms with van der Waals surface area (Å²) >= 11 is 5.89. The van der Waals surface area contributed by atoms with Crippen molar-refractivity contribution in [3.63, 3.8) is 0 Å². The third kappa shape index (κ3) is 5.21. The molecule has 4 nitrogen and oxygen atoms in total. The molecule has 0 aliphatic carbocycles. The van der Waals surface area contributed by atoms with Crippen molar-refractivity contribution in [1.29, 1.82) is 0 Å². The van der Waals surface area contributed by atoms with Crippen LogP contribution in [-0.4, -0.2) is 17.6 Å². The van der Waals surface area contributed by atoms with Gasteiger partial charge in [-0.2, -0.15) is 0 Å². The standard InChI is InChI=1S/C27H24ClNO3/c28-21-13-15-22(16-14-21)32-18-6-11-25(31)29-27(20-8-2-1-3-9-20)26-23-10-5-4-7-19(23)12-17-24(26)30/h1-5,7-10,12-17,27,30H,6,11,18H2,(H,29,31). The largest absolute Gasteiger partial charge is 0.508 e. The van der Waals surface area contributed by atoms with Crippen LogP contribution in [0, 0.1) is 0 Å². The van der Waals surface area contributed by atoms with Gasteiger partial charge < -0.3 is 15.2 Å². The van der Waals surface area contributed by atoms with Gasteiger partial charge >= 0.3 is 0 Å². The maximum atomic E-state index is 12.8. The molecule has 162 valence electrons. The SMILES string of the molecule is O=C(CCCOc1ccc(Cl)cc1)NC(c1ccccc1)c1c(O)ccc2ccccc12. The zero-order valence-corrected chi connectivity index (χ0v) is 18.3. The van der Waals surface area contributed by atoms with Crippen molar-refractivity contribution in [2.75, 3.05) is 6.61 Å². The molecule has 0 saturated heterocycles. The van der Waals surface area contributed by atoms with E-state index in [1.807, 2.05) is 60.7 Å². The lowest BCUT2D eigenvalue weighted by molar-refractivity contribution is -0.121. The molecule has 32 heavy (non-hydrogen) atoms. The minimum absolute atomic E-state index is 0.106. The second-order valence-corrected chi connectivity index (χ2v) is 7.97. The molecular formula is C27H24ClNO3. The van der Waals surface area contributed by atoms with Gasteiger partial charge in [0.2, 0.25) is 5.91 Å². The Morgan fingerprint density at radius 2 is 1.62 bits per heavy atom. The molecule has 1 unspecified atom stereocenters. The Kier molecular flexibility index (Phi) is 6.93. The summed E-state index contributed by atoms with van der Waals surface area (Å²) in [4.78, 5) is 12.8. The zero-order valence-electron chi connectivity index (χ0n) is 17.5. The predicted octanol–water partition coefficient (Wildman–Crippen LogP) is 6.26. The van der Waals surface area contributed by atoms with E-state index in [1.54, 1.807) is 30.3 Å². The minimum Gasteiger partial charge on any atom is -0.508 e. The Bertz CT molecular complexity index is 1190. The summed E-state index contributed by atoms with van der Waals surface area (Å²) in [6, 6.07) is 27.8. The van der Waals surface area contributed by atoms with E-state index in [4.69, 9.17) is 16.3 Å². The number of aromatic hydroxyl groups is 1. The van der Waals surface area contributed by atoms with Gasteiger partial charge in [-0.15, -0.1) is 0 Å². The number of hydrogen-bond donors (Lipinski definition) is 2. The molecule has 0 aromatic heterocycles. The average Bonchev–Trinajstić information content (AvgIpc) is 2.82. The number of rotatable bonds is 8. The van der Waals surface area contributed by atoms with E-state index in [0.717, 1.165) is 22.1 Å². The van der Waals surface area contributed by atoms with Crippen molar-refractivity contribution in [2.24, 2.45) is 0 Å².